The third-order valence-corrected chi connectivity index (χ3v) is 4.06. The van der Waals surface area contributed by atoms with E-state index in [1.807, 2.05) is 0 Å². The van der Waals surface area contributed by atoms with Gasteiger partial charge in [0.1, 0.15) is 37.1 Å². The first-order chi connectivity index (χ1) is 11.7. The van der Waals surface area contributed by atoms with Crippen LogP contribution in [0.15, 0.2) is 6.33 Å². The molecule has 1 aromatic rings. The minimum Gasteiger partial charge on any atom is -0.458 e. The van der Waals surface area contributed by atoms with Gasteiger partial charge < -0.3 is 24.2 Å². The summed E-state index contributed by atoms with van der Waals surface area (Å²) in [7, 11) is -0.118. The van der Waals surface area contributed by atoms with Crippen LogP contribution < -0.4 is 0 Å². The van der Waals surface area contributed by atoms with Crippen molar-refractivity contribution >= 4 is 14.8 Å². The predicted octanol–water partition coefficient (Wildman–Crippen LogP) is -0.0741. The monoisotopic (exact) mass is 372 g/mol. The van der Waals surface area contributed by atoms with Crippen molar-refractivity contribution in [1.29, 1.82) is 5.26 Å². The summed E-state index contributed by atoms with van der Waals surface area (Å²) in [6.07, 6.45) is -2.79. The fraction of sp³-hybridized carbons (Fsp3) is 0.714. The summed E-state index contributed by atoms with van der Waals surface area (Å²) < 4.78 is 17.1. The van der Waals surface area contributed by atoms with Gasteiger partial charge in [0.25, 0.3) is 5.82 Å². The molecule has 1 unspecified atom stereocenters. The van der Waals surface area contributed by atoms with Gasteiger partial charge in [-0.25, -0.2) is 9.67 Å². The van der Waals surface area contributed by atoms with Crippen molar-refractivity contribution in [3.63, 3.8) is 0 Å². The normalized spacial score (nSPS) is 26.9. The van der Waals surface area contributed by atoms with Gasteiger partial charge in [-0.1, -0.05) is 0 Å². The maximum Gasteiger partial charge on any atom is 0.311 e. The lowest BCUT2D eigenvalue weighted by atomic mass is 9.98. The van der Waals surface area contributed by atoms with Crippen molar-refractivity contribution in [2.24, 2.45) is 5.41 Å². The second-order valence-electron chi connectivity index (χ2n) is 6.49. The molecule has 1 aromatic heterocycles. The highest BCUT2D eigenvalue weighted by molar-refractivity contribution is 7.32. The molecule has 0 amide bonds. The van der Waals surface area contributed by atoms with E-state index in [0.717, 1.165) is 0 Å². The van der Waals surface area contributed by atoms with Gasteiger partial charge >= 0.3 is 5.97 Å². The number of aromatic nitrogens is 3. The Morgan fingerprint density at radius 3 is 2.80 bits per heavy atom. The Kier molecular flexibility index (Phi) is 6.43. The van der Waals surface area contributed by atoms with Gasteiger partial charge in [-0.2, -0.15) is 5.26 Å². The standard InChI is InChI=1S/C14H21N4O6P/c1-14(2,3)13(21)22-7-25-23-5-8-10(19)11(20)12(24-8)18-6-16-9(4-15)17-18/h6,8,10-12,19-20,25H,5,7H2,1-3H3/t8-,10-,11-,12-/m1/s1. The van der Waals surface area contributed by atoms with E-state index in [-0.39, 0.29) is 33.6 Å². The molecule has 1 fully saturated rings. The molecule has 2 heterocycles. The Labute approximate surface area is 146 Å². The molecule has 0 bridgehead atoms. The molecule has 1 saturated heterocycles. The van der Waals surface area contributed by atoms with Crippen molar-refractivity contribution in [2.75, 3.05) is 13.0 Å². The van der Waals surface area contributed by atoms with Gasteiger partial charge in [-0.15, -0.1) is 5.10 Å². The van der Waals surface area contributed by atoms with Crippen molar-refractivity contribution in [2.45, 2.75) is 45.3 Å². The van der Waals surface area contributed by atoms with Crippen molar-refractivity contribution in [3.05, 3.63) is 12.2 Å². The summed E-state index contributed by atoms with van der Waals surface area (Å²) in [4.78, 5) is 15.3. The van der Waals surface area contributed by atoms with E-state index in [2.05, 4.69) is 10.1 Å². The first-order valence-corrected chi connectivity index (χ1v) is 8.70. The Morgan fingerprint density at radius 2 is 2.20 bits per heavy atom. The lowest BCUT2D eigenvalue weighted by Gasteiger charge is -2.17. The van der Waals surface area contributed by atoms with E-state index in [1.54, 1.807) is 26.8 Å². The van der Waals surface area contributed by atoms with Crippen molar-refractivity contribution < 1.29 is 29.0 Å². The zero-order valence-electron chi connectivity index (χ0n) is 14.1. The second-order valence-corrected chi connectivity index (χ2v) is 7.35. The van der Waals surface area contributed by atoms with Crippen LogP contribution in [0.3, 0.4) is 0 Å². The maximum absolute atomic E-state index is 11.6. The van der Waals surface area contributed by atoms with E-state index in [4.69, 9.17) is 19.3 Å². The lowest BCUT2D eigenvalue weighted by Crippen LogP contribution is -2.33. The number of rotatable bonds is 6. The third-order valence-electron chi connectivity index (χ3n) is 3.43. The van der Waals surface area contributed by atoms with Crippen LogP contribution >= 0.6 is 8.81 Å². The van der Waals surface area contributed by atoms with Crippen LogP contribution in [-0.4, -0.2) is 62.2 Å². The number of nitrogens with zero attached hydrogens (tertiary/aromatic N) is 4. The zero-order valence-corrected chi connectivity index (χ0v) is 15.1. The molecule has 1 aliphatic rings. The van der Waals surface area contributed by atoms with Crippen LogP contribution in [0.25, 0.3) is 0 Å². The number of nitriles is 1. The maximum atomic E-state index is 11.6. The average Bonchev–Trinajstić information content (AvgIpc) is 3.13. The topological polar surface area (TPSA) is 140 Å². The minimum atomic E-state index is -1.23. The number of esters is 1. The molecule has 0 aromatic carbocycles. The lowest BCUT2D eigenvalue weighted by molar-refractivity contribution is -0.150. The molecule has 10 nitrogen and oxygen atoms in total. The quantitative estimate of drug-likeness (QED) is 0.399. The number of carbonyl (C=O) groups is 1. The number of aliphatic hydroxyl groups excluding tert-OH is 2. The Morgan fingerprint density at radius 1 is 1.48 bits per heavy atom. The molecule has 2 rings (SSSR count). The molecule has 0 radical (unpaired) electrons. The molecule has 11 heteroatoms. The minimum absolute atomic E-state index is 0.0139. The van der Waals surface area contributed by atoms with Gasteiger partial charge in [0.15, 0.2) is 6.23 Å². The van der Waals surface area contributed by atoms with Gasteiger partial charge in [-0.05, 0) is 20.8 Å². The Bertz CT molecular complexity index is 640. The molecule has 0 spiro atoms. The molecule has 5 atom stereocenters. The van der Waals surface area contributed by atoms with Gasteiger partial charge in [0, 0.05) is 0 Å². The molecule has 2 N–H and O–H groups in total. The van der Waals surface area contributed by atoms with Crippen molar-refractivity contribution in [3.8, 4) is 6.07 Å². The molecular formula is C14H21N4O6P. The fourth-order valence-electron chi connectivity index (χ4n) is 2.03. The summed E-state index contributed by atoms with van der Waals surface area (Å²) in [5.74, 6) is -0.386. The first-order valence-electron chi connectivity index (χ1n) is 7.58. The van der Waals surface area contributed by atoms with Gasteiger partial charge in [0.05, 0.1) is 20.8 Å². The summed E-state index contributed by atoms with van der Waals surface area (Å²) in [6, 6.07) is 1.77. The predicted molar refractivity (Wildman–Crippen MR) is 85.3 cm³/mol. The summed E-state index contributed by atoms with van der Waals surface area (Å²) in [6.45, 7) is 5.28. The number of hydrogen-bond donors (Lipinski definition) is 2. The number of carbonyl (C=O) groups excluding carboxylic acids is 1. The largest absolute Gasteiger partial charge is 0.458 e. The van der Waals surface area contributed by atoms with Crippen LogP contribution in [0.2, 0.25) is 0 Å². The Balaban J connectivity index is 1.78. The van der Waals surface area contributed by atoms with Gasteiger partial charge in [0.2, 0.25) is 0 Å². The van der Waals surface area contributed by atoms with Crippen LogP contribution in [0.4, 0.5) is 0 Å². The van der Waals surface area contributed by atoms with E-state index in [0.29, 0.717) is 0 Å². The SMILES string of the molecule is CC(C)(C)C(=O)OCPOC[C@H]1O[C@@H](n2cnc(C#N)n2)[C@H](O)[C@@H]1O. The zero-order chi connectivity index (χ0) is 18.6. The van der Waals surface area contributed by atoms with E-state index in [9.17, 15) is 15.0 Å². The third kappa shape index (κ3) is 4.93. The fourth-order valence-corrected chi connectivity index (χ4v) is 2.58. The van der Waals surface area contributed by atoms with E-state index in [1.165, 1.54) is 11.0 Å². The van der Waals surface area contributed by atoms with E-state index >= 15 is 0 Å². The summed E-state index contributed by atoms with van der Waals surface area (Å²) >= 11 is 0. The molecule has 1 aliphatic heterocycles. The van der Waals surface area contributed by atoms with Crippen LogP contribution in [0.1, 0.15) is 32.8 Å². The van der Waals surface area contributed by atoms with Crippen LogP contribution in [0.5, 0.6) is 0 Å². The number of aliphatic hydroxyl groups is 2. The van der Waals surface area contributed by atoms with Gasteiger partial charge in [-0.3, -0.25) is 4.79 Å². The highest BCUT2D eigenvalue weighted by atomic mass is 31.1. The first kappa shape index (κ1) is 19.7. The second kappa shape index (κ2) is 8.17. The number of ether oxygens (including phenoxy) is 2. The van der Waals surface area contributed by atoms with Crippen LogP contribution in [0, 0.1) is 16.7 Å². The van der Waals surface area contributed by atoms with E-state index < -0.39 is 30.0 Å². The highest BCUT2D eigenvalue weighted by Crippen LogP contribution is 2.30. The van der Waals surface area contributed by atoms with Crippen LogP contribution in [-0.2, 0) is 18.8 Å². The molecule has 0 saturated carbocycles. The highest BCUT2D eigenvalue weighted by Gasteiger charge is 2.44. The summed E-state index contributed by atoms with van der Waals surface area (Å²) in [5.41, 5.74) is -0.577. The molecule has 138 valence electrons. The molecule has 0 aliphatic carbocycles. The smallest absolute Gasteiger partial charge is 0.311 e. The Hall–Kier alpha value is -1.63. The average molecular weight is 372 g/mol. The molecular weight excluding hydrogens is 351 g/mol. The molecule has 25 heavy (non-hydrogen) atoms. The van der Waals surface area contributed by atoms with Crippen molar-refractivity contribution in [1.82, 2.24) is 14.8 Å². The number of hydrogen-bond acceptors (Lipinski definition) is 9. The summed E-state index contributed by atoms with van der Waals surface area (Å²) in [5, 5.41) is 32.7.